The first-order valence-corrected chi connectivity index (χ1v) is 10.9. The van der Waals surface area contributed by atoms with Crippen molar-refractivity contribution in [2.45, 2.75) is 43.9 Å². The largest absolute Gasteiger partial charge is 0.395 e. The van der Waals surface area contributed by atoms with Gasteiger partial charge in [-0.05, 0) is 50.7 Å². The first kappa shape index (κ1) is 19.8. The third-order valence-electron chi connectivity index (χ3n) is 7.01. The average Bonchev–Trinajstić information content (AvgIpc) is 3.03. The van der Waals surface area contributed by atoms with Gasteiger partial charge in [-0.15, -0.1) is 0 Å². The van der Waals surface area contributed by atoms with Crippen molar-refractivity contribution in [2.75, 3.05) is 36.0 Å². The summed E-state index contributed by atoms with van der Waals surface area (Å²) in [4.78, 5) is 37.4. The summed E-state index contributed by atoms with van der Waals surface area (Å²) in [5.41, 5.74) is 2.90. The van der Waals surface area contributed by atoms with Crippen LogP contribution in [0.1, 0.15) is 48.1 Å². The summed E-state index contributed by atoms with van der Waals surface area (Å²) in [6, 6.07) is 7.64. The van der Waals surface area contributed by atoms with Gasteiger partial charge in [0.1, 0.15) is 0 Å². The summed E-state index contributed by atoms with van der Waals surface area (Å²) < 4.78 is 0. The molecular formula is C23H25N5O3. The number of nitriles is 1. The van der Waals surface area contributed by atoms with Crippen molar-refractivity contribution >= 4 is 17.5 Å². The molecule has 1 amide bonds. The highest BCUT2D eigenvalue weighted by atomic mass is 16.3. The lowest BCUT2D eigenvalue weighted by Gasteiger charge is -2.39. The number of piperidine rings is 1. The summed E-state index contributed by atoms with van der Waals surface area (Å²) in [6.45, 7) is 1.19. The van der Waals surface area contributed by atoms with Gasteiger partial charge in [0, 0.05) is 36.4 Å². The highest BCUT2D eigenvalue weighted by Crippen LogP contribution is 2.49. The Labute approximate surface area is 180 Å². The molecule has 1 spiro atoms. The molecule has 8 nitrogen and oxygen atoms in total. The standard InChI is InChI=1S/C23H25N5O3/c24-14-15-4-3-7-18-19(15)23(21(31)28(18)12-13-29)8-10-27(11-9-23)22-25-17-6-2-1-5-16(17)20(30)26-22/h3-4,7,29H,1-2,5-6,8-13H2,(H,25,26,30). The lowest BCUT2D eigenvalue weighted by Crippen LogP contribution is -2.50. The van der Waals surface area contributed by atoms with Crippen LogP contribution in [-0.2, 0) is 23.1 Å². The van der Waals surface area contributed by atoms with Gasteiger partial charge < -0.3 is 14.9 Å². The molecule has 1 fully saturated rings. The van der Waals surface area contributed by atoms with Crippen molar-refractivity contribution in [1.82, 2.24) is 9.97 Å². The van der Waals surface area contributed by atoms with E-state index in [1.807, 2.05) is 11.0 Å². The monoisotopic (exact) mass is 419 g/mol. The molecule has 3 aliphatic rings. The van der Waals surface area contributed by atoms with E-state index in [2.05, 4.69) is 11.1 Å². The minimum absolute atomic E-state index is 0.0502. The number of aromatic nitrogens is 2. The number of amides is 1. The van der Waals surface area contributed by atoms with Gasteiger partial charge in [0.2, 0.25) is 11.9 Å². The predicted molar refractivity (Wildman–Crippen MR) is 115 cm³/mol. The van der Waals surface area contributed by atoms with Gasteiger partial charge in [-0.2, -0.15) is 5.26 Å². The number of nitrogens with one attached hydrogen (secondary N) is 1. The molecule has 160 valence electrons. The lowest BCUT2D eigenvalue weighted by molar-refractivity contribution is -0.124. The Bertz CT molecular complexity index is 1140. The molecule has 0 saturated carbocycles. The van der Waals surface area contributed by atoms with Crippen LogP contribution in [0.5, 0.6) is 0 Å². The second-order valence-corrected chi connectivity index (χ2v) is 8.58. The van der Waals surface area contributed by atoms with Crippen LogP contribution in [0.15, 0.2) is 23.0 Å². The fourth-order valence-corrected chi connectivity index (χ4v) is 5.46. The third kappa shape index (κ3) is 2.95. The topological polar surface area (TPSA) is 113 Å². The second-order valence-electron chi connectivity index (χ2n) is 8.58. The zero-order valence-electron chi connectivity index (χ0n) is 17.4. The van der Waals surface area contributed by atoms with Crippen LogP contribution in [0, 0.1) is 11.3 Å². The molecule has 2 aromatic rings. The number of carbonyl (C=O) groups is 1. The molecule has 1 aromatic carbocycles. The molecule has 0 unspecified atom stereocenters. The van der Waals surface area contributed by atoms with E-state index in [4.69, 9.17) is 4.98 Å². The molecule has 0 radical (unpaired) electrons. The zero-order valence-corrected chi connectivity index (χ0v) is 17.4. The average molecular weight is 419 g/mol. The van der Waals surface area contributed by atoms with Crippen LogP contribution in [0.2, 0.25) is 0 Å². The van der Waals surface area contributed by atoms with Crippen molar-refractivity contribution < 1.29 is 9.90 Å². The lowest BCUT2D eigenvalue weighted by atomic mass is 9.72. The Balaban J connectivity index is 1.48. The van der Waals surface area contributed by atoms with Gasteiger partial charge in [0.25, 0.3) is 5.56 Å². The SMILES string of the molecule is N#Cc1cccc2c1C1(CCN(c3nc4c(c(=O)[nH]3)CCCC4)CC1)C(=O)N2CCO. The number of rotatable bonds is 3. The fraction of sp³-hybridized carbons (Fsp3) is 0.478. The Morgan fingerprint density at radius 1 is 1.19 bits per heavy atom. The van der Waals surface area contributed by atoms with E-state index in [0.29, 0.717) is 37.4 Å². The number of aliphatic hydroxyl groups is 1. The van der Waals surface area contributed by atoms with Crippen LogP contribution in [0.4, 0.5) is 11.6 Å². The number of β-amino-alcohol motifs (C(OH)–C–C–N with tert-alkyl or cyclic N) is 1. The molecule has 5 rings (SSSR count). The maximum absolute atomic E-state index is 13.5. The molecule has 3 heterocycles. The normalized spacial score (nSPS) is 19.3. The molecule has 2 aliphatic heterocycles. The zero-order chi connectivity index (χ0) is 21.6. The first-order chi connectivity index (χ1) is 15.1. The number of aryl methyl sites for hydroxylation is 1. The molecule has 8 heteroatoms. The quantitative estimate of drug-likeness (QED) is 0.778. The molecule has 31 heavy (non-hydrogen) atoms. The summed E-state index contributed by atoms with van der Waals surface area (Å²) in [5.74, 6) is 0.526. The Hall–Kier alpha value is -3.18. The van der Waals surface area contributed by atoms with E-state index >= 15 is 0 Å². The minimum Gasteiger partial charge on any atom is -0.395 e. The molecular weight excluding hydrogens is 394 g/mol. The van der Waals surface area contributed by atoms with Crippen LogP contribution in [0.25, 0.3) is 0 Å². The molecule has 1 saturated heterocycles. The molecule has 1 aromatic heterocycles. The van der Waals surface area contributed by atoms with Gasteiger partial charge in [-0.1, -0.05) is 6.07 Å². The van der Waals surface area contributed by atoms with E-state index in [1.165, 1.54) is 0 Å². The number of carbonyl (C=O) groups excluding carboxylic acids is 1. The number of H-pyrrole nitrogens is 1. The summed E-state index contributed by atoms with van der Waals surface area (Å²) in [7, 11) is 0. The van der Waals surface area contributed by atoms with Crippen LogP contribution in [-0.4, -0.2) is 47.2 Å². The van der Waals surface area contributed by atoms with Crippen molar-refractivity contribution in [1.29, 1.82) is 5.26 Å². The maximum Gasteiger partial charge on any atom is 0.255 e. The molecule has 0 bridgehead atoms. The Morgan fingerprint density at radius 3 is 2.71 bits per heavy atom. The van der Waals surface area contributed by atoms with Crippen LogP contribution >= 0.6 is 0 Å². The van der Waals surface area contributed by atoms with Gasteiger partial charge >= 0.3 is 0 Å². The molecule has 2 N–H and O–H groups in total. The highest BCUT2D eigenvalue weighted by molar-refractivity contribution is 6.09. The van der Waals surface area contributed by atoms with Crippen molar-refractivity contribution in [3.8, 4) is 6.07 Å². The number of nitrogens with zero attached hydrogens (tertiary/aromatic N) is 4. The number of aliphatic hydroxyl groups excluding tert-OH is 1. The highest BCUT2D eigenvalue weighted by Gasteiger charge is 2.53. The van der Waals surface area contributed by atoms with E-state index < -0.39 is 5.41 Å². The number of hydrogen-bond acceptors (Lipinski definition) is 6. The van der Waals surface area contributed by atoms with Crippen LogP contribution < -0.4 is 15.4 Å². The van der Waals surface area contributed by atoms with Crippen molar-refractivity contribution in [2.24, 2.45) is 0 Å². The Kier molecular flexibility index (Phi) is 4.78. The predicted octanol–water partition coefficient (Wildman–Crippen LogP) is 1.40. The van der Waals surface area contributed by atoms with E-state index in [0.717, 1.165) is 48.2 Å². The smallest absolute Gasteiger partial charge is 0.255 e. The van der Waals surface area contributed by atoms with E-state index in [1.54, 1.807) is 17.0 Å². The molecule has 0 atom stereocenters. The summed E-state index contributed by atoms with van der Waals surface area (Å²) >= 11 is 0. The van der Waals surface area contributed by atoms with E-state index in [9.17, 15) is 20.0 Å². The van der Waals surface area contributed by atoms with E-state index in [-0.39, 0.29) is 24.6 Å². The second kappa shape index (κ2) is 7.50. The number of benzene rings is 1. The number of aromatic amines is 1. The van der Waals surface area contributed by atoms with Gasteiger partial charge in [-0.25, -0.2) is 4.98 Å². The van der Waals surface area contributed by atoms with Gasteiger partial charge in [0.05, 0.1) is 29.3 Å². The Morgan fingerprint density at radius 2 is 1.97 bits per heavy atom. The summed E-state index contributed by atoms with van der Waals surface area (Å²) in [5, 5.41) is 19.2. The number of fused-ring (bicyclic) bond motifs is 3. The summed E-state index contributed by atoms with van der Waals surface area (Å²) in [6.07, 6.45) is 4.74. The van der Waals surface area contributed by atoms with Crippen LogP contribution in [0.3, 0.4) is 0 Å². The third-order valence-corrected chi connectivity index (χ3v) is 7.01. The van der Waals surface area contributed by atoms with Crippen molar-refractivity contribution in [3.05, 3.63) is 50.9 Å². The molecule has 1 aliphatic carbocycles. The fourth-order valence-electron chi connectivity index (χ4n) is 5.46. The van der Waals surface area contributed by atoms with Gasteiger partial charge in [-0.3, -0.25) is 14.6 Å². The first-order valence-electron chi connectivity index (χ1n) is 10.9. The maximum atomic E-state index is 13.5. The van der Waals surface area contributed by atoms with Gasteiger partial charge in [0.15, 0.2) is 0 Å². The number of anilines is 2. The minimum atomic E-state index is -0.776. The van der Waals surface area contributed by atoms with Crippen molar-refractivity contribution in [3.63, 3.8) is 0 Å². The number of hydrogen-bond donors (Lipinski definition) is 2.